The van der Waals surface area contributed by atoms with Gasteiger partial charge in [0.1, 0.15) is 6.54 Å². The number of amides is 2. The van der Waals surface area contributed by atoms with Gasteiger partial charge in [-0.2, -0.15) is 0 Å². The van der Waals surface area contributed by atoms with Gasteiger partial charge >= 0.3 is 0 Å². The van der Waals surface area contributed by atoms with Crippen LogP contribution in [0.2, 0.25) is 0 Å². The van der Waals surface area contributed by atoms with Gasteiger partial charge in [0, 0.05) is 8.04 Å². The van der Waals surface area contributed by atoms with Crippen LogP contribution in [0, 0.1) is 3.57 Å². The predicted molar refractivity (Wildman–Crippen MR) is 93.6 cm³/mol. The fourth-order valence-electron chi connectivity index (χ4n) is 2.22. The number of nitrogens with zero attached hydrogens (tertiary/aromatic N) is 1. The van der Waals surface area contributed by atoms with Crippen LogP contribution in [0.25, 0.3) is 0 Å². The number of fused-ring (bicyclic) bond motifs is 1. The fraction of sp³-hybridized carbons (Fsp3) is 0.0667. The molecule has 106 valence electrons. The fourth-order valence-corrected chi connectivity index (χ4v) is 3.13. The molecule has 0 spiro atoms. The lowest BCUT2D eigenvalue weighted by atomic mass is 10.1. The number of halogens is 2. The lowest BCUT2D eigenvalue weighted by molar-refractivity contribution is -0.115. The largest absolute Gasteiger partial charge is 0.323 e. The summed E-state index contributed by atoms with van der Waals surface area (Å²) in [5, 5.41) is 2.78. The molecule has 0 bridgehead atoms. The van der Waals surface area contributed by atoms with E-state index in [0.717, 1.165) is 8.04 Å². The molecule has 2 aromatic rings. The number of benzene rings is 2. The SMILES string of the molecule is O=C1CN(C(=O)c2cc(I)ccc2Br)c2ccccc2N1. The van der Waals surface area contributed by atoms with E-state index in [1.165, 1.54) is 4.90 Å². The molecule has 0 unspecified atom stereocenters. The van der Waals surface area contributed by atoms with Crippen molar-refractivity contribution in [3.05, 3.63) is 56.1 Å². The van der Waals surface area contributed by atoms with Crippen molar-refractivity contribution < 1.29 is 9.59 Å². The Balaban J connectivity index is 2.06. The van der Waals surface area contributed by atoms with Gasteiger partial charge in [-0.25, -0.2) is 0 Å². The summed E-state index contributed by atoms with van der Waals surface area (Å²) in [4.78, 5) is 26.1. The summed E-state index contributed by atoms with van der Waals surface area (Å²) in [6.45, 7) is 0.0216. The van der Waals surface area contributed by atoms with Gasteiger partial charge in [0.15, 0.2) is 0 Å². The van der Waals surface area contributed by atoms with Crippen LogP contribution in [-0.4, -0.2) is 18.4 Å². The highest BCUT2D eigenvalue weighted by Gasteiger charge is 2.28. The van der Waals surface area contributed by atoms with E-state index < -0.39 is 0 Å². The van der Waals surface area contributed by atoms with Crippen LogP contribution < -0.4 is 10.2 Å². The Bertz CT molecular complexity index is 748. The molecule has 0 fully saturated rings. The highest BCUT2D eigenvalue weighted by Crippen LogP contribution is 2.31. The average Bonchev–Trinajstić information content (AvgIpc) is 2.48. The summed E-state index contributed by atoms with van der Waals surface area (Å²) in [5.41, 5.74) is 1.92. The van der Waals surface area contributed by atoms with E-state index in [4.69, 9.17) is 0 Å². The lowest BCUT2D eigenvalue weighted by Crippen LogP contribution is -2.42. The lowest BCUT2D eigenvalue weighted by Gasteiger charge is -2.29. The Morgan fingerprint density at radius 1 is 1.24 bits per heavy atom. The molecule has 21 heavy (non-hydrogen) atoms. The molecule has 4 nitrogen and oxygen atoms in total. The van der Waals surface area contributed by atoms with Gasteiger partial charge in [0.25, 0.3) is 5.91 Å². The first kappa shape index (κ1) is 14.5. The predicted octanol–water partition coefficient (Wildman–Crippen LogP) is 3.65. The second-order valence-electron chi connectivity index (χ2n) is 4.58. The number of hydrogen-bond acceptors (Lipinski definition) is 2. The quantitative estimate of drug-likeness (QED) is 0.666. The molecule has 0 radical (unpaired) electrons. The van der Waals surface area contributed by atoms with Gasteiger partial charge in [-0.05, 0) is 68.9 Å². The first-order valence-electron chi connectivity index (χ1n) is 6.22. The van der Waals surface area contributed by atoms with E-state index >= 15 is 0 Å². The molecule has 6 heteroatoms. The third-order valence-electron chi connectivity index (χ3n) is 3.17. The number of anilines is 2. The number of para-hydroxylation sites is 2. The molecule has 1 aliphatic heterocycles. The smallest absolute Gasteiger partial charge is 0.260 e. The van der Waals surface area contributed by atoms with Crippen LogP contribution in [0.5, 0.6) is 0 Å². The Morgan fingerprint density at radius 2 is 2.00 bits per heavy atom. The summed E-state index contributed by atoms with van der Waals surface area (Å²) in [5.74, 6) is -0.383. The third kappa shape index (κ3) is 2.82. The van der Waals surface area contributed by atoms with Crippen LogP contribution >= 0.6 is 38.5 Å². The van der Waals surface area contributed by atoms with Gasteiger partial charge in [-0.15, -0.1) is 0 Å². The van der Waals surface area contributed by atoms with Crippen molar-refractivity contribution >= 4 is 61.7 Å². The zero-order chi connectivity index (χ0) is 15.0. The summed E-state index contributed by atoms with van der Waals surface area (Å²) in [6.07, 6.45) is 0. The molecule has 1 aliphatic rings. The van der Waals surface area contributed by atoms with Crippen molar-refractivity contribution in [1.82, 2.24) is 0 Å². The van der Waals surface area contributed by atoms with E-state index in [2.05, 4.69) is 43.8 Å². The van der Waals surface area contributed by atoms with Crippen molar-refractivity contribution in [3.63, 3.8) is 0 Å². The zero-order valence-corrected chi connectivity index (χ0v) is 14.5. The molecule has 0 saturated heterocycles. The number of nitrogens with one attached hydrogen (secondary N) is 1. The van der Waals surface area contributed by atoms with Gasteiger partial charge in [0.2, 0.25) is 5.91 Å². The highest BCUT2D eigenvalue weighted by molar-refractivity contribution is 14.1. The minimum atomic E-state index is -0.192. The maximum absolute atomic E-state index is 12.8. The Hall–Kier alpha value is -1.41. The molecule has 0 aliphatic carbocycles. The summed E-state index contributed by atoms with van der Waals surface area (Å²) in [7, 11) is 0. The topological polar surface area (TPSA) is 49.4 Å². The minimum absolute atomic E-state index is 0.0216. The van der Waals surface area contributed by atoms with E-state index in [1.807, 2.05) is 36.4 Å². The van der Waals surface area contributed by atoms with Crippen LogP contribution in [-0.2, 0) is 4.79 Å². The monoisotopic (exact) mass is 456 g/mol. The first-order valence-corrected chi connectivity index (χ1v) is 8.09. The van der Waals surface area contributed by atoms with Gasteiger partial charge in [-0.3, -0.25) is 14.5 Å². The van der Waals surface area contributed by atoms with Crippen LogP contribution in [0.15, 0.2) is 46.9 Å². The molecule has 1 N–H and O–H groups in total. The molecule has 2 aromatic carbocycles. The number of carbonyl (C=O) groups excluding carboxylic acids is 2. The standard InChI is InChI=1S/C15H10BrIN2O2/c16-11-6-5-9(17)7-10(11)15(21)19-8-14(20)18-12-3-1-2-4-13(12)19/h1-7H,8H2,(H,18,20). The second kappa shape index (κ2) is 5.76. The van der Waals surface area contributed by atoms with Crippen molar-refractivity contribution in [3.8, 4) is 0 Å². The number of carbonyl (C=O) groups is 2. The summed E-state index contributed by atoms with van der Waals surface area (Å²) < 4.78 is 1.69. The Kier molecular flexibility index (Phi) is 3.99. The van der Waals surface area contributed by atoms with Gasteiger partial charge in [0.05, 0.1) is 16.9 Å². The van der Waals surface area contributed by atoms with Crippen molar-refractivity contribution in [1.29, 1.82) is 0 Å². The second-order valence-corrected chi connectivity index (χ2v) is 6.68. The van der Waals surface area contributed by atoms with Gasteiger partial charge in [-0.1, -0.05) is 12.1 Å². The van der Waals surface area contributed by atoms with Crippen LogP contribution in [0.3, 0.4) is 0 Å². The zero-order valence-electron chi connectivity index (χ0n) is 10.8. The molecule has 0 aromatic heterocycles. The maximum atomic E-state index is 12.8. The maximum Gasteiger partial charge on any atom is 0.260 e. The minimum Gasteiger partial charge on any atom is -0.323 e. The molecule has 0 saturated carbocycles. The number of rotatable bonds is 1. The summed E-state index contributed by atoms with van der Waals surface area (Å²) >= 11 is 5.56. The number of hydrogen-bond donors (Lipinski definition) is 1. The highest BCUT2D eigenvalue weighted by atomic mass is 127. The molecular formula is C15H10BrIN2O2. The van der Waals surface area contributed by atoms with Crippen molar-refractivity contribution in [2.24, 2.45) is 0 Å². The van der Waals surface area contributed by atoms with Crippen LogP contribution in [0.1, 0.15) is 10.4 Å². The van der Waals surface area contributed by atoms with Gasteiger partial charge < -0.3 is 5.32 Å². The average molecular weight is 457 g/mol. The molecule has 1 heterocycles. The summed E-state index contributed by atoms with van der Waals surface area (Å²) in [6, 6.07) is 12.9. The Morgan fingerprint density at radius 3 is 2.81 bits per heavy atom. The normalized spacial score (nSPS) is 13.6. The third-order valence-corrected chi connectivity index (χ3v) is 4.54. The molecular weight excluding hydrogens is 447 g/mol. The van der Waals surface area contributed by atoms with E-state index in [0.29, 0.717) is 16.9 Å². The molecule has 2 amide bonds. The van der Waals surface area contributed by atoms with E-state index in [9.17, 15) is 9.59 Å². The van der Waals surface area contributed by atoms with Crippen molar-refractivity contribution in [2.75, 3.05) is 16.8 Å². The molecule has 0 atom stereocenters. The van der Waals surface area contributed by atoms with Crippen LogP contribution in [0.4, 0.5) is 11.4 Å². The Labute approximate surface area is 143 Å². The first-order chi connectivity index (χ1) is 10.1. The van der Waals surface area contributed by atoms with E-state index in [1.54, 1.807) is 6.07 Å². The molecule has 3 rings (SSSR count). The van der Waals surface area contributed by atoms with Crippen molar-refractivity contribution in [2.45, 2.75) is 0 Å². The van der Waals surface area contributed by atoms with E-state index in [-0.39, 0.29) is 18.4 Å².